The molecular weight excluding hydrogens is 439 g/mol. The van der Waals surface area contributed by atoms with Crippen LogP contribution in [-0.4, -0.2) is 48.5 Å². The Bertz CT molecular complexity index is 1040. The molecule has 8 heteroatoms. The molecule has 1 saturated heterocycles. The van der Waals surface area contributed by atoms with Crippen molar-refractivity contribution in [2.24, 2.45) is 0 Å². The molecule has 0 atom stereocenters. The van der Waals surface area contributed by atoms with Gasteiger partial charge in [-0.3, -0.25) is 0 Å². The molecule has 1 N–H and O–H groups in total. The van der Waals surface area contributed by atoms with Gasteiger partial charge in [0.05, 0.1) is 18.7 Å². The van der Waals surface area contributed by atoms with Crippen LogP contribution >= 0.6 is 12.2 Å². The van der Waals surface area contributed by atoms with Gasteiger partial charge in [-0.2, -0.15) is 0 Å². The Balaban J connectivity index is 1.64. The monoisotopic (exact) mass is 468 g/mol. The second-order valence-electron chi connectivity index (χ2n) is 8.08. The third kappa shape index (κ3) is 5.89. The molecule has 1 fully saturated rings. The van der Waals surface area contributed by atoms with Crippen molar-refractivity contribution in [1.82, 2.24) is 10.1 Å². The Morgan fingerprint density at radius 1 is 1.12 bits per heavy atom. The summed E-state index contributed by atoms with van der Waals surface area (Å²) in [5.74, 6) is 0.520. The maximum Gasteiger partial charge on any atom is 0.232 e. The molecule has 0 aliphatic carbocycles. The van der Waals surface area contributed by atoms with Gasteiger partial charge in [0.1, 0.15) is 11.5 Å². The van der Waals surface area contributed by atoms with Crippen LogP contribution in [0, 0.1) is 5.82 Å². The van der Waals surface area contributed by atoms with E-state index in [1.165, 1.54) is 18.6 Å². The highest BCUT2D eigenvalue weighted by molar-refractivity contribution is 7.80. The molecule has 0 radical (unpaired) electrons. The smallest absolute Gasteiger partial charge is 0.232 e. The van der Waals surface area contributed by atoms with Gasteiger partial charge in [-0.05, 0) is 55.7 Å². The summed E-state index contributed by atoms with van der Waals surface area (Å²) in [6.45, 7) is 3.51. The lowest BCUT2D eigenvalue weighted by atomic mass is 10.1. The second-order valence-corrected chi connectivity index (χ2v) is 8.47. The summed E-state index contributed by atoms with van der Waals surface area (Å²) in [6, 6.07) is 16.2. The summed E-state index contributed by atoms with van der Waals surface area (Å²) >= 11 is 5.74. The molecule has 4 rings (SSSR count). The van der Waals surface area contributed by atoms with Gasteiger partial charge in [0.2, 0.25) is 5.88 Å². The van der Waals surface area contributed by atoms with E-state index in [9.17, 15) is 4.39 Å². The lowest BCUT2D eigenvalue weighted by Crippen LogP contribution is -2.37. The fourth-order valence-corrected chi connectivity index (χ4v) is 4.27. The van der Waals surface area contributed by atoms with E-state index in [1.807, 2.05) is 35.2 Å². The maximum absolute atomic E-state index is 13.3. The fraction of sp³-hybridized carbons (Fsp3) is 0.360. The number of aromatic nitrogens is 1. The minimum Gasteiger partial charge on any atom is -0.383 e. The van der Waals surface area contributed by atoms with Gasteiger partial charge in [0.15, 0.2) is 5.11 Å². The van der Waals surface area contributed by atoms with Crippen molar-refractivity contribution >= 4 is 28.9 Å². The Kier molecular flexibility index (Phi) is 7.91. The van der Waals surface area contributed by atoms with E-state index in [0.29, 0.717) is 24.8 Å². The largest absolute Gasteiger partial charge is 0.383 e. The van der Waals surface area contributed by atoms with Gasteiger partial charge >= 0.3 is 0 Å². The first-order chi connectivity index (χ1) is 16.2. The van der Waals surface area contributed by atoms with Crippen LogP contribution in [0.2, 0.25) is 0 Å². The Labute approximate surface area is 199 Å². The highest BCUT2D eigenvalue weighted by atomic mass is 32.1. The number of anilines is 2. The van der Waals surface area contributed by atoms with E-state index in [0.717, 1.165) is 54.3 Å². The summed E-state index contributed by atoms with van der Waals surface area (Å²) in [7, 11) is 1.67. The van der Waals surface area contributed by atoms with Crippen molar-refractivity contribution in [3.05, 3.63) is 66.0 Å². The van der Waals surface area contributed by atoms with Crippen molar-refractivity contribution in [2.75, 3.05) is 43.6 Å². The minimum atomic E-state index is -0.286. The Morgan fingerprint density at radius 2 is 1.85 bits per heavy atom. The zero-order valence-corrected chi connectivity index (χ0v) is 19.6. The number of benzene rings is 2. The van der Waals surface area contributed by atoms with Gasteiger partial charge in [0, 0.05) is 38.0 Å². The summed E-state index contributed by atoms with van der Waals surface area (Å²) in [6.07, 6.45) is 3.51. The minimum absolute atomic E-state index is 0.286. The Hall–Kier alpha value is -2.97. The number of rotatable bonds is 8. The van der Waals surface area contributed by atoms with Gasteiger partial charge in [0.25, 0.3) is 0 Å². The lowest BCUT2D eigenvalue weighted by molar-refractivity contribution is 0.175. The molecule has 1 aliphatic rings. The first kappa shape index (κ1) is 23.2. The van der Waals surface area contributed by atoms with Crippen LogP contribution in [-0.2, 0) is 11.3 Å². The van der Waals surface area contributed by atoms with Crippen LogP contribution in [0.5, 0.6) is 0 Å². The van der Waals surface area contributed by atoms with Crippen molar-refractivity contribution < 1.29 is 13.7 Å². The topological polar surface area (TPSA) is 53.8 Å². The molecule has 2 aromatic carbocycles. The number of nitrogens with zero attached hydrogens (tertiary/aromatic N) is 3. The van der Waals surface area contributed by atoms with Crippen molar-refractivity contribution in [3.8, 4) is 11.3 Å². The van der Waals surface area contributed by atoms with Crippen LogP contribution in [0.1, 0.15) is 24.8 Å². The average Bonchev–Trinajstić information content (AvgIpc) is 3.27. The second kappa shape index (κ2) is 11.2. The standard InChI is InChI=1S/C25H29FN4O2S/c1-31-17-16-30(25(33)27-21-12-10-20(26)11-13-21)18-22-23(19-8-4-2-5-9-19)28-32-24(22)29-14-6-3-7-15-29/h2,4-5,8-13H,3,6-7,14-18H2,1H3,(H,27,33). The van der Waals surface area contributed by atoms with E-state index in [2.05, 4.69) is 15.4 Å². The highest BCUT2D eigenvalue weighted by Crippen LogP contribution is 2.34. The van der Waals surface area contributed by atoms with Crippen molar-refractivity contribution in [3.63, 3.8) is 0 Å². The van der Waals surface area contributed by atoms with Gasteiger partial charge in [-0.15, -0.1) is 0 Å². The number of halogens is 1. The number of piperidine rings is 1. The van der Waals surface area contributed by atoms with Gasteiger partial charge < -0.3 is 24.4 Å². The number of thiocarbonyl (C=S) groups is 1. The highest BCUT2D eigenvalue weighted by Gasteiger charge is 2.26. The van der Waals surface area contributed by atoms with Gasteiger partial charge in [-0.25, -0.2) is 4.39 Å². The molecule has 6 nitrogen and oxygen atoms in total. The third-order valence-corrected chi connectivity index (χ3v) is 6.12. The van der Waals surface area contributed by atoms with Crippen molar-refractivity contribution in [2.45, 2.75) is 25.8 Å². The van der Waals surface area contributed by atoms with E-state index in [4.69, 9.17) is 21.5 Å². The van der Waals surface area contributed by atoms with E-state index < -0.39 is 0 Å². The molecule has 33 heavy (non-hydrogen) atoms. The number of nitrogens with one attached hydrogen (secondary N) is 1. The molecule has 3 aromatic rings. The van der Waals surface area contributed by atoms with Crippen LogP contribution in [0.15, 0.2) is 59.1 Å². The number of hydrogen-bond donors (Lipinski definition) is 1. The molecule has 0 spiro atoms. The predicted octanol–water partition coefficient (Wildman–Crippen LogP) is 5.32. The van der Waals surface area contributed by atoms with Crippen LogP contribution in [0.25, 0.3) is 11.3 Å². The van der Waals surface area contributed by atoms with Crippen molar-refractivity contribution in [1.29, 1.82) is 0 Å². The fourth-order valence-electron chi connectivity index (χ4n) is 3.99. The number of methoxy groups -OCH3 is 1. The summed E-state index contributed by atoms with van der Waals surface area (Å²) in [4.78, 5) is 4.32. The summed E-state index contributed by atoms with van der Waals surface area (Å²) in [5.41, 5.74) is 3.56. The molecule has 0 saturated carbocycles. The normalized spacial score (nSPS) is 13.7. The Morgan fingerprint density at radius 3 is 2.55 bits per heavy atom. The predicted molar refractivity (Wildman–Crippen MR) is 133 cm³/mol. The lowest BCUT2D eigenvalue weighted by Gasteiger charge is -2.29. The molecule has 1 aromatic heterocycles. The molecule has 0 amide bonds. The number of hydrogen-bond acceptors (Lipinski definition) is 5. The molecule has 174 valence electrons. The van der Waals surface area contributed by atoms with E-state index >= 15 is 0 Å². The molecule has 0 unspecified atom stereocenters. The zero-order chi connectivity index (χ0) is 23.0. The number of ether oxygens (including phenoxy) is 1. The summed E-state index contributed by atoms with van der Waals surface area (Å²) < 4.78 is 24.6. The molecule has 1 aliphatic heterocycles. The summed E-state index contributed by atoms with van der Waals surface area (Å²) in [5, 5.41) is 8.22. The molecule has 2 heterocycles. The van der Waals surface area contributed by atoms with Crippen LogP contribution in [0.3, 0.4) is 0 Å². The average molecular weight is 469 g/mol. The maximum atomic E-state index is 13.3. The zero-order valence-electron chi connectivity index (χ0n) is 18.8. The SMILES string of the molecule is COCCN(Cc1c(-c2ccccc2)noc1N1CCCCC1)C(=S)Nc1ccc(F)cc1. The van der Waals surface area contributed by atoms with Crippen LogP contribution in [0.4, 0.5) is 16.0 Å². The van der Waals surface area contributed by atoms with Crippen LogP contribution < -0.4 is 10.2 Å². The van der Waals surface area contributed by atoms with E-state index in [1.54, 1.807) is 19.2 Å². The molecular formula is C25H29FN4O2S. The first-order valence-electron chi connectivity index (χ1n) is 11.2. The first-order valence-corrected chi connectivity index (χ1v) is 11.7. The van der Waals surface area contributed by atoms with Gasteiger partial charge in [-0.1, -0.05) is 35.5 Å². The molecule has 0 bridgehead atoms. The quantitative estimate of drug-likeness (QED) is 0.449. The third-order valence-electron chi connectivity index (χ3n) is 5.75. The van der Waals surface area contributed by atoms with E-state index in [-0.39, 0.29) is 5.82 Å².